The van der Waals surface area contributed by atoms with Gasteiger partial charge in [0.15, 0.2) is 0 Å². The van der Waals surface area contributed by atoms with Crippen LogP contribution in [-0.2, 0) is 9.59 Å². The lowest BCUT2D eigenvalue weighted by Gasteiger charge is -2.11. The van der Waals surface area contributed by atoms with Gasteiger partial charge in [0.1, 0.15) is 5.82 Å². The highest BCUT2D eigenvalue weighted by Crippen LogP contribution is 2.20. The van der Waals surface area contributed by atoms with Gasteiger partial charge in [0.05, 0.1) is 10.9 Å². The lowest BCUT2D eigenvalue weighted by atomic mass is 10.0. The third kappa shape index (κ3) is 5.55. The highest BCUT2D eigenvalue weighted by molar-refractivity contribution is 6.32. The third-order valence-electron chi connectivity index (χ3n) is 2.91. The Hall–Kier alpha value is -1.88. The summed E-state index contributed by atoms with van der Waals surface area (Å²) in [5.41, 5.74) is 0.123. The Kier molecular flexibility index (Phi) is 6.88. The Bertz CT molecular complexity index is 525. The zero-order chi connectivity index (χ0) is 15.8. The van der Waals surface area contributed by atoms with Crippen LogP contribution in [0.15, 0.2) is 24.3 Å². The number of aliphatic carboxylic acids is 1. The van der Waals surface area contributed by atoms with E-state index in [4.69, 9.17) is 16.7 Å². The van der Waals surface area contributed by atoms with Gasteiger partial charge < -0.3 is 10.4 Å². The first-order valence-electron chi connectivity index (χ1n) is 6.58. The molecule has 1 rings (SSSR count). The molecule has 0 bridgehead atoms. The van der Waals surface area contributed by atoms with Crippen LogP contribution in [-0.4, -0.2) is 23.5 Å². The average Bonchev–Trinajstić information content (AvgIpc) is 2.42. The topological polar surface area (TPSA) is 66.4 Å². The average molecular weight is 314 g/mol. The van der Waals surface area contributed by atoms with Crippen molar-refractivity contribution >= 4 is 29.6 Å². The number of halogens is 2. The van der Waals surface area contributed by atoms with Crippen molar-refractivity contribution in [3.05, 3.63) is 40.7 Å². The number of hydrogen-bond donors (Lipinski definition) is 2. The maximum atomic E-state index is 13.5. The Morgan fingerprint density at radius 1 is 1.48 bits per heavy atom. The molecule has 0 aromatic heterocycles. The molecule has 1 amide bonds. The highest BCUT2D eigenvalue weighted by Gasteiger charge is 2.16. The van der Waals surface area contributed by atoms with Crippen LogP contribution in [0.2, 0.25) is 5.02 Å². The fourth-order valence-corrected chi connectivity index (χ4v) is 2.00. The number of amides is 1. The van der Waals surface area contributed by atoms with Gasteiger partial charge in [0.25, 0.3) is 0 Å². The Balaban J connectivity index is 2.61. The van der Waals surface area contributed by atoms with Gasteiger partial charge in [-0.15, -0.1) is 0 Å². The van der Waals surface area contributed by atoms with Gasteiger partial charge in [0, 0.05) is 18.2 Å². The molecule has 0 fully saturated rings. The molecule has 0 spiro atoms. The van der Waals surface area contributed by atoms with E-state index in [1.54, 1.807) is 0 Å². The molecular weight excluding hydrogens is 297 g/mol. The summed E-state index contributed by atoms with van der Waals surface area (Å²) in [6.45, 7) is 1.91. The lowest BCUT2D eigenvalue weighted by molar-refractivity contribution is -0.141. The minimum Gasteiger partial charge on any atom is -0.481 e. The predicted molar refractivity (Wildman–Crippen MR) is 79.5 cm³/mol. The summed E-state index contributed by atoms with van der Waals surface area (Å²) in [7, 11) is 0. The van der Waals surface area contributed by atoms with Crippen molar-refractivity contribution in [1.29, 1.82) is 0 Å². The van der Waals surface area contributed by atoms with Crippen molar-refractivity contribution < 1.29 is 19.1 Å². The molecule has 0 aliphatic carbocycles. The standard InChI is InChI=1S/C15H17ClFNO3/c1-2-4-10(15(20)21)9-18-14(19)8-7-11-12(16)5-3-6-13(11)17/h3,5-8,10H,2,4,9H2,1H3,(H,18,19)(H,20,21). The van der Waals surface area contributed by atoms with E-state index in [0.29, 0.717) is 12.8 Å². The van der Waals surface area contributed by atoms with Crippen LogP contribution < -0.4 is 5.32 Å². The van der Waals surface area contributed by atoms with Crippen molar-refractivity contribution in [3.63, 3.8) is 0 Å². The van der Waals surface area contributed by atoms with Gasteiger partial charge in [0.2, 0.25) is 5.91 Å². The van der Waals surface area contributed by atoms with Crippen LogP contribution in [0, 0.1) is 11.7 Å². The molecule has 0 aliphatic rings. The van der Waals surface area contributed by atoms with E-state index in [1.807, 2.05) is 6.92 Å². The fourth-order valence-electron chi connectivity index (χ4n) is 1.77. The molecule has 1 unspecified atom stereocenters. The first kappa shape index (κ1) is 17.2. The second-order valence-corrected chi connectivity index (χ2v) is 4.94. The van der Waals surface area contributed by atoms with E-state index in [2.05, 4.69) is 5.32 Å². The molecule has 1 aromatic rings. The third-order valence-corrected chi connectivity index (χ3v) is 3.24. The second kappa shape index (κ2) is 8.42. The molecule has 6 heteroatoms. The molecule has 4 nitrogen and oxygen atoms in total. The summed E-state index contributed by atoms with van der Waals surface area (Å²) < 4.78 is 13.5. The van der Waals surface area contributed by atoms with Crippen molar-refractivity contribution in [2.24, 2.45) is 5.92 Å². The number of carbonyl (C=O) groups excluding carboxylic acids is 1. The van der Waals surface area contributed by atoms with E-state index >= 15 is 0 Å². The molecule has 1 aromatic carbocycles. The normalized spacial score (nSPS) is 12.3. The van der Waals surface area contributed by atoms with Crippen LogP contribution >= 0.6 is 11.6 Å². The number of hydrogen-bond acceptors (Lipinski definition) is 2. The van der Waals surface area contributed by atoms with Gasteiger partial charge in [-0.3, -0.25) is 9.59 Å². The molecule has 0 heterocycles. The van der Waals surface area contributed by atoms with Gasteiger partial charge in [-0.25, -0.2) is 4.39 Å². The minimum atomic E-state index is -0.946. The molecule has 0 saturated carbocycles. The number of carboxylic acid groups (broad SMARTS) is 1. The van der Waals surface area contributed by atoms with E-state index in [-0.39, 0.29) is 17.1 Å². The molecule has 0 saturated heterocycles. The molecule has 0 aliphatic heterocycles. The van der Waals surface area contributed by atoms with Crippen molar-refractivity contribution in [3.8, 4) is 0 Å². The largest absolute Gasteiger partial charge is 0.481 e. The Morgan fingerprint density at radius 3 is 2.76 bits per heavy atom. The van der Waals surface area contributed by atoms with Crippen molar-refractivity contribution in [2.75, 3.05) is 6.54 Å². The second-order valence-electron chi connectivity index (χ2n) is 4.54. The fraction of sp³-hybridized carbons (Fsp3) is 0.333. The first-order valence-corrected chi connectivity index (χ1v) is 6.96. The van der Waals surface area contributed by atoms with Crippen LogP contribution in [0.4, 0.5) is 4.39 Å². The maximum absolute atomic E-state index is 13.5. The summed E-state index contributed by atoms with van der Waals surface area (Å²) in [6, 6.07) is 4.23. The molecule has 114 valence electrons. The molecule has 1 atom stereocenters. The minimum absolute atomic E-state index is 0.0390. The Morgan fingerprint density at radius 2 is 2.19 bits per heavy atom. The van der Waals surface area contributed by atoms with E-state index in [9.17, 15) is 14.0 Å². The predicted octanol–water partition coefficient (Wildman–Crippen LogP) is 3.11. The van der Waals surface area contributed by atoms with Crippen molar-refractivity contribution in [2.45, 2.75) is 19.8 Å². The number of rotatable bonds is 7. The summed E-state index contributed by atoms with van der Waals surface area (Å²) in [4.78, 5) is 22.5. The van der Waals surface area contributed by atoms with Gasteiger partial charge in [-0.05, 0) is 24.6 Å². The van der Waals surface area contributed by atoms with Crippen LogP contribution in [0.3, 0.4) is 0 Å². The molecule has 21 heavy (non-hydrogen) atoms. The van der Waals surface area contributed by atoms with Crippen LogP contribution in [0.25, 0.3) is 6.08 Å². The van der Waals surface area contributed by atoms with Gasteiger partial charge in [-0.2, -0.15) is 0 Å². The van der Waals surface area contributed by atoms with Gasteiger partial charge >= 0.3 is 5.97 Å². The van der Waals surface area contributed by atoms with Crippen LogP contribution in [0.1, 0.15) is 25.3 Å². The SMILES string of the molecule is CCCC(CNC(=O)C=Cc1c(F)cccc1Cl)C(=O)O. The summed E-state index contributed by atoms with van der Waals surface area (Å²) in [5, 5.41) is 11.6. The summed E-state index contributed by atoms with van der Waals surface area (Å²) in [6.07, 6.45) is 3.60. The highest BCUT2D eigenvalue weighted by atomic mass is 35.5. The smallest absolute Gasteiger partial charge is 0.308 e. The zero-order valence-corrected chi connectivity index (χ0v) is 12.4. The summed E-state index contributed by atoms with van der Waals surface area (Å²) in [5.74, 6) is -2.58. The quantitative estimate of drug-likeness (QED) is 0.760. The Labute approximate surface area is 127 Å². The van der Waals surface area contributed by atoms with E-state index in [0.717, 1.165) is 6.08 Å². The number of benzene rings is 1. The first-order chi connectivity index (χ1) is 9.95. The monoisotopic (exact) mass is 313 g/mol. The molecule has 2 N–H and O–H groups in total. The molecule has 0 radical (unpaired) electrons. The van der Waals surface area contributed by atoms with E-state index < -0.39 is 23.6 Å². The van der Waals surface area contributed by atoms with Crippen LogP contribution in [0.5, 0.6) is 0 Å². The number of carboxylic acids is 1. The van der Waals surface area contributed by atoms with E-state index in [1.165, 1.54) is 24.3 Å². The van der Waals surface area contributed by atoms with Gasteiger partial charge in [-0.1, -0.05) is 31.0 Å². The number of nitrogens with one attached hydrogen (secondary N) is 1. The molecular formula is C15H17ClFNO3. The van der Waals surface area contributed by atoms with Crippen molar-refractivity contribution in [1.82, 2.24) is 5.32 Å². The summed E-state index contributed by atoms with van der Waals surface area (Å²) >= 11 is 5.82. The lowest BCUT2D eigenvalue weighted by Crippen LogP contribution is -2.31. The maximum Gasteiger partial charge on any atom is 0.308 e. The number of carbonyl (C=O) groups is 2. The zero-order valence-electron chi connectivity index (χ0n) is 11.6.